The highest BCUT2D eigenvalue weighted by atomic mass is 14.6. The Bertz CT molecular complexity index is 412. The van der Waals surface area contributed by atoms with E-state index in [1.165, 1.54) is 23.1 Å². The number of aryl methyl sites for hydroxylation is 1. The molecule has 0 fully saturated rings. The molecule has 0 aliphatic heterocycles. The molecule has 0 radical (unpaired) electrons. The summed E-state index contributed by atoms with van der Waals surface area (Å²) in [7, 11) is 0. The van der Waals surface area contributed by atoms with Gasteiger partial charge in [-0.3, -0.25) is 0 Å². The summed E-state index contributed by atoms with van der Waals surface area (Å²) in [5.74, 6) is 0.573. The van der Waals surface area contributed by atoms with Gasteiger partial charge in [0.25, 0.3) is 0 Å². The van der Waals surface area contributed by atoms with E-state index in [0.717, 1.165) is 19.3 Å². The smallest absolute Gasteiger partial charge is 0.00769 e. The van der Waals surface area contributed by atoms with Gasteiger partial charge in [0.1, 0.15) is 0 Å². The SMILES string of the molecule is CC[C@H](N)Cc1c(CCC(C)(C)C)cccc1C(C)C. The van der Waals surface area contributed by atoms with Crippen molar-refractivity contribution >= 4 is 0 Å². The van der Waals surface area contributed by atoms with Crippen LogP contribution in [0.5, 0.6) is 0 Å². The maximum Gasteiger partial charge on any atom is 0.00769 e. The Kier molecular flexibility index (Phi) is 6.26. The largest absolute Gasteiger partial charge is 0.327 e. The Balaban J connectivity index is 3.05. The molecule has 0 aromatic heterocycles. The van der Waals surface area contributed by atoms with Gasteiger partial charge in [0.05, 0.1) is 0 Å². The third-order valence-electron chi connectivity index (χ3n) is 4.07. The van der Waals surface area contributed by atoms with Crippen molar-refractivity contribution in [1.29, 1.82) is 0 Å². The normalized spacial score (nSPS) is 13.8. The predicted molar refractivity (Wildman–Crippen MR) is 90.3 cm³/mol. The van der Waals surface area contributed by atoms with Crippen molar-refractivity contribution < 1.29 is 0 Å². The topological polar surface area (TPSA) is 26.0 Å². The fourth-order valence-electron chi connectivity index (χ4n) is 2.59. The number of rotatable bonds is 6. The van der Waals surface area contributed by atoms with Crippen LogP contribution in [0.25, 0.3) is 0 Å². The molecule has 0 saturated heterocycles. The van der Waals surface area contributed by atoms with Gasteiger partial charge in [-0.05, 0) is 53.7 Å². The summed E-state index contributed by atoms with van der Waals surface area (Å²) in [6.07, 6.45) is 4.45. The zero-order valence-electron chi connectivity index (χ0n) is 14.3. The lowest BCUT2D eigenvalue weighted by atomic mass is 9.83. The van der Waals surface area contributed by atoms with Crippen molar-refractivity contribution in [3.63, 3.8) is 0 Å². The number of nitrogens with two attached hydrogens (primary N) is 1. The summed E-state index contributed by atoms with van der Waals surface area (Å²) in [5.41, 5.74) is 11.1. The van der Waals surface area contributed by atoms with E-state index >= 15 is 0 Å². The molecule has 0 saturated carbocycles. The highest BCUT2D eigenvalue weighted by Crippen LogP contribution is 2.28. The lowest BCUT2D eigenvalue weighted by Gasteiger charge is -2.23. The molecule has 1 atom stereocenters. The molecule has 0 aliphatic carbocycles. The van der Waals surface area contributed by atoms with Gasteiger partial charge in [0, 0.05) is 6.04 Å². The van der Waals surface area contributed by atoms with Crippen LogP contribution in [0.2, 0.25) is 0 Å². The van der Waals surface area contributed by atoms with Gasteiger partial charge in [0.2, 0.25) is 0 Å². The average Bonchev–Trinajstić information content (AvgIpc) is 2.35. The number of hydrogen-bond acceptors (Lipinski definition) is 1. The molecule has 20 heavy (non-hydrogen) atoms. The summed E-state index contributed by atoms with van der Waals surface area (Å²) < 4.78 is 0. The standard InChI is InChI=1S/C19H33N/c1-7-16(20)13-18-15(11-12-19(4,5)6)9-8-10-17(18)14(2)3/h8-10,14,16H,7,11-13,20H2,1-6H3/t16-/m0/s1. The summed E-state index contributed by atoms with van der Waals surface area (Å²) in [6, 6.07) is 7.08. The molecule has 1 rings (SSSR count). The molecule has 0 unspecified atom stereocenters. The third kappa shape index (κ3) is 5.28. The Labute approximate surface area is 126 Å². The molecule has 114 valence electrons. The molecule has 0 aliphatic rings. The van der Waals surface area contributed by atoms with Crippen LogP contribution in [-0.4, -0.2) is 6.04 Å². The summed E-state index contributed by atoms with van der Waals surface area (Å²) in [5, 5.41) is 0. The van der Waals surface area contributed by atoms with Gasteiger partial charge in [-0.25, -0.2) is 0 Å². The molecule has 1 aromatic carbocycles. The first-order valence-corrected chi connectivity index (χ1v) is 8.10. The van der Waals surface area contributed by atoms with E-state index in [1.54, 1.807) is 0 Å². The minimum Gasteiger partial charge on any atom is -0.327 e. The highest BCUT2D eigenvalue weighted by Gasteiger charge is 2.16. The van der Waals surface area contributed by atoms with E-state index in [1.807, 2.05) is 0 Å². The lowest BCUT2D eigenvalue weighted by molar-refractivity contribution is 0.377. The predicted octanol–water partition coefficient (Wildman–Crippen LogP) is 5.07. The molecule has 0 bridgehead atoms. The maximum absolute atomic E-state index is 6.22. The van der Waals surface area contributed by atoms with E-state index in [9.17, 15) is 0 Å². The van der Waals surface area contributed by atoms with Crippen LogP contribution in [0.4, 0.5) is 0 Å². The Morgan fingerprint density at radius 3 is 2.30 bits per heavy atom. The second-order valence-electron chi connectivity index (χ2n) is 7.57. The maximum atomic E-state index is 6.22. The van der Waals surface area contributed by atoms with E-state index in [2.05, 4.69) is 59.7 Å². The minimum absolute atomic E-state index is 0.281. The van der Waals surface area contributed by atoms with E-state index in [4.69, 9.17) is 5.73 Å². The second kappa shape index (κ2) is 7.26. The average molecular weight is 275 g/mol. The monoisotopic (exact) mass is 275 g/mol. The molecule has 0 amide bonds. The van der Waals surface area contributed by atoms with Crippen LogP contribution in [0, 0.1) is 5.41 Å². The minimum atomic E-state index is 0.281. The second-order valence-corrected chi connectivity index (χ2v) is 7.57. The third-order valence-corrected chi connectivity index (χ3v) is 4.07. The lowest BCUT2D eigenvalue weighted by Crippen LogP contribution is -2.23. The van der Waals surface area contributed by atoms with Crippen molar-refractivity contribution in [2.75, 3.05) is 0 Å². The molecule has 0 spiro atoms. The van der Waals surface area contributed by atoms with Crippen LogP contribution in [0.15, 0.2) is 18.2 Å². The first kappa shape index (κ1) is 17.2. The number of hydrogen-bond donors (Lipinski definition) is 1. The molecule has 1 heteroatoms. The van der Waals surface area contributed by atoms with Crippen molar-refractivity contribution in [3.05, 3.63) is 34.9 Å². The first-order valence-electron chi connectivity index (χ1n) is 8.10. The van der Waals surface area contributed by atoms with Crippen molar-refractivity contribution in [2.24, 2.45) is 11.1 Å². The van der Waals surface area contributed by atoms with Crippen LogP contribution in [0.3, 0.4) is 0 Å². The Morgan fingerprint density at radius 1 is 1.15 bits per heavy atom. The molecule has 1 nitrogen and oxygen atoms in total. The molecule has 2 N–H and O–H groups in total. The van der Waals surface area contributed by atoms with Crippen LogP contribution < -0.4 is 5.73 Å². The summed E-state index contributed by atoms with van der Waals surface area (Å²) in [6.45, 7) is 13.7. The Hall–Kier alpha value is -0.820. The van der Waals surface area contributed by atoms with Gasteiger partial charge in [-0.1, -0.05) is 59.7 Å². The van der Waals surface area contributed by atoms with Gasteiger partial charge >= 0.3 is 0 Å². The molecular formula is C19H33N. The van der Waals surface area contributed by atoms with Crippen LogP contribution >= 0.6 is 0 Å². The zero-order chi connectivity index (χ0) is 15.3. The van der Waals surface area contributed by atoms with E-state index in [-0.39, 0.29) is 6.04 Å². The molecular weight excluding hydrogens is 242 g/mol. The van der Waals surface area contributed by atoms with Crippen LogP contribution in [0.1, 0.15) is 77.0 Å². The molecule has 0 heterocycles. The van der Waals surface area contributed by atoms with E-state index < -0.39 is 0 Å². The number of benzene rings is 1. The van der Waals surface area contributed by atoms with E-state index in [0.29, 0.717) is 11.3 Å². The fraction of sp³-hybridized carbons (Fsp3) is 0.684. The highest BCUT2D eigenvalue weighted by molar-refractivity contribution is 5.38. The van der Waals surface area contributed by atoms with Gasteiger partial charge < -0.3 is 5.73 Å². The fourth-order valence-corrected chi connectivity index (χ4v) is 2.59. The first-order chi connectivity index (χ1) is 9.24. The van der Waals surface area contributed by atoms with Crippen molar-refractivity contribution in [3.8, 4) is 0 Å². The molecule has 1 aromatic rings. The summed E-state index contributed by atoms with van der Waals surface area (Å²) in [4.78, 5) is 0. The van der Waals surface area contributed by atoms with Crippen molar-refractivity contribution in [1.82, 2.24) is 0 Å². The quantitative estimate of drug-likeness (QED) is 0.770. The Morgan fingerprint density at radius 2 is 1.80 bits per heavy atom. The van der Waals surface area contributed by atoms with Gasteiger partial charge in [-0.2, -0.15) is 0 Å². The van der Waals surface area contributed by atoms with Gasteiger partial charge in [0.15, 0.2) is 0 Å². The van der Waals surface area contributed by atoms with Crippen LogP contribution in [-0.2, 0) is 12.8 Å². The zero-order valence-corrected chi connectivity index (χ0v) is 14.3. The van der Waals surface area contributed by atoms with Gasteiger partial charge in [-0.15, -0.1) is 0 Å². The van der Waals surface area contributed by atoms with Crippen molar-refractivity contribution in [2.45, 2.75) is 79.2 Å². The summed E-state index contributed by atoms with van der Waals surface area (Å²) >= 11 is 0.